The maximum absolute atomic E-state index is 6.06. The summed E-state index contributed by atoms with van der Waals surface area (Å²) >= 11 is 0. The fraction of sp³-hybridized carbons (Fsp3) is 0.500. The van der Waals surface area contributed by atoms with Gasteiger partial charge in [-0.2, -0.15) is 0 Å². The average molecular weight is 224 g/mol. The maximum atomic E-state index is 6.06. The molecule has 0 aliphatic heterocycles. The van der Waals surface area contributed by atoms with Crippen LogP contribution in [0.2, 0.25) is 0 Å². The Balaban J connectivity index is 3.14. The molecule has 0 saturated carbocycles. The second-order valence-corrected chi connectivity index (χ2v) is 3.68. The number of likely N-dealkylation sites (N-methyl/N-ethyl adjacent to an activating group) is 1. The second kappa shape index (κ2) is 5.72. The number of ether oxygens (including phenoxy) is 2. The summed E-state index contributed by atoms with van der Waals surface area (Å²) in [6.45, 7) is 2.68. The zero-order chi connectivity index (χ0) is 12.1. The van der Waals surface area contributed by atoms with E-state index in [4.69, 9.17) is 15.2 Å². The number of rotatable bonds is 5. The molecule has 0 aliphatic rings. The van der Waals surface area contributed by atoms with Crippen molar-refractivity contribution in [3.8, 4) is 11.5 Å². The number of benzene rings is 1. The number of methoxy groups -OCH3 is 2. The van der Waals surface area contributed by atoms with Gasteiger partial charge in [0, 0.05) is 23.7 Å². The molecule has 1 rings (SSSR count). The lowest BCUT2D eigenvalue weighted by Gasteiger charge is -2.18. The van der Waals surface area contributed by atoms with E-state index >= 15 is 0 Å². The summed E-state index contributed by atoms with van der Waals surface area (Å²) in [5, 5.41) is 3.05. The molecule has 90 valence electrons. The SMILES string of the molecule is CNCC(N)c1ccc(OC)c(C)c1OC. The Hall–Kier alpha value is -1.26. The van der Waals surface area contributed by atoms with Crippen molar-refractivity contribution < 1.29 is 9.47 Å². The fourth-order valence-corrected chi connectivity index (χ4v) is 1.81. The number of hydrogen-bond acceptors (Lipinski definition) is 4. The van der Waals surface area contributed by atoms with Crippen LogP contribution in [0.25, 0.3) is 0 Å². The van der Waals surface area contributed by atoms with Gasteiger partial charge in [0.2, 0.25) is 0 Å². The molecule has 0 aromatic heterocycles. The van der Waals surface area contributed by atoms with Crippen molar-refractivity contribution in [2.45, 2.75) is 13.0 Å². The van der Waals surface area contributed by atoms with E-state index in [0.29, 0.717) is 6.54 Å². The molecule has 1 atom stereocenters. The van der Waals surface area contributed by atoms with Crippen LogP contribution in [0.5, 0.6) is 11.5 Å². The van der Waals surface area contributed by atoms with Crippen LogP contribution in [0, 0.1) is 6.92 Å². The monoisotopic (exact) mass is 224 g/mol. The molecule has 3 N–H and O–H groups in total. The quantitative estimate of drug-likeness (QED) is 0.790. The van der Waals surface area contributed by atoms with Crippen molar-refractivity contribution in [1.29, 1.82) is 0 Å². The first-order chi connectivity index (χ1) is 7.65. The average Bonchev–Trinajstić information content (AvgIpc) is 2.28. The minimum absolute atomic E-state index is 0.0791. The largest absolute Gasteiger partial charge is 0.496 e. The van der Waals surface area contributed by atoms with Gasteiger partial charge in [-0.3, -0.25) is 0 Å². The highest BCUT2D eigenvalue weighted by Gasteiger charge is 2.15. The van der Waals surface area contributed by atoms with Crippen molar-refractivity contribution in [1.82, 2.24) is 5.32 Å². The topological polar surface area (TPSA) is 56.5 Å². The molecule has 0 fully saturated rings. The van der Waals surface area contributed by atoms with Gasteiger partial charge in [0.05, 0.1) is 14.2 Å². The number of nitrogens with one attached hydrogen (secondary N) is 1. The zero-order valence-corrected chi connectivity index (χ0v) is 10.3. The zero-order valence-electron chi connectivity index (χ0n) is 10.3. The lowest BCUT2D eigenvalue weighted by molar-refractivity contribution is 0.382. The molecule has 0 saturated heterocycles. The Bertz CT molecular complexity index is 353. The van der Waals surface area contributed by atoms with Gasteiger partial charge in [-0.25, -0.2) is 0 Å². The second-order valence-electron chi connectivity index (χ2n) is 3.68. The molecule has 0 amide bonds. The molecular formula is C12H20N2O2. The summed E-state index contributed by atoms with van der Waals surface area (Å²) in [6.07, 6.45) is 0. The summed E-state index contributed by atoms with van der Waals surface area (Å²) in [7, 11) is 5.18. The molecule has 1 unspecified atom stereocenters. The van der Waals surface area contributed by atoms with Crippen molar-refractivity contribution in [2.75, 3.05) is 27.8 Å². The molecule has 0 spiro atoms. The first-order valence-corrected chi connectivity index (χ1v) is 5.27. The molecule has 0 bridgehead atoms. The minimum atomic E-state index is -0.0791. The summed E-state index contributed by atoms with van der Waals surface area (Å²) in [5.41, 5.74) is 8.04. The van der Waals surface area contributed by atoms with Crippen LogP contribution in [0.1, 0.15) is 17.2 Å². The van der Waals surface area contributed by atoms with Gasteiger partial charge in [-0.15, -0.1) is 0 Å². The summed E-state index contributed by atoms with van der Waals surface area (Å²) in [6, 6.07) is 3.79. The molecule has 4 nitrogen and oxygen atoms in total. The predicted molar refractivity (Wildman–Crippen MR) is 65.1 cm³/mol. The highest BCUT2D eigenvalue weighted by molar-refractivity contribution is 5.50. The Kier molecular flexibility index (Phi) is 4.58. The molecule has 0 radical (unpaired) electrons. The summed E-state index contributed by atoms with van der Waals surface area (Å²) in [5.74, 6) is 1.62. The van der Waals surface area contributed by atoms with E-state index in [1.807, 2.05) is 26.1 Å². The van der Waals surface area contributed by atoms with Crippen molar-refractivity contribution >= 4 is 0 Å². The highest BCUT2D eigenvalue weighted by atomic mass is 16.5. The Morgan fingerprint density at radius 1 is 1.31 bits per heavy atom. The molecule has 16 heavy (non-hydrogen) atoms. The van der Waals surface area contributed by atoms with Crippen molar-refractivity contribution in [3.05, 3.63) is 23.3 Å². The van der Waals surface area contributed by atoms with Crippen molar-refractivity contribution in [2.24, 2.45) is 5.73 Å². The molecule has 1 aromatic rings. The normalized spacial score (nSPS) is 12.3. The van der Waals surface area contributed by atoms with E-state index in [1.54, 1.807) is 14.2 Å². The fourth-order valence-electron chi connectivity index (χ4n) is 1.81. The molecule has 4 heteroatoms. The Morgan fingerprint density at radius 3 is 2.50 bits per heavy atom. The van der Waals surface area contributed by atoms with E-state index in [9.17, 15) is 0 Å². The van der Waals surface area contributed by atoms with Crippen LogP contribution >= 0.6 is 0 Å². The molecular weight excluding hydrogens is 204 g/mol. The number of nitrogens with two attached hydrogens (primary N) is 1. The van der Waals surface area contributed by atoms with Crippen LogP contribution in [-0.2, 0) is 0 Å². The minimum Gasteiger partial charge on any atom is -0.496 e. The summed E-state index contributed by atoms with van der Waals surface area (Å²) in [4.78, 5) is 0. The Labute approximate surface area is 96.7 Å². The first kappa shape index (κ1) is 12.8. The van der Waals surface area contributed by atoms with Crippen LogP contribution < -0.4 is 20.5 Å². The smallest absolute Gasteiger partial charge is 0.130 e. The predicted octanol–water partition coefficient (Wildman–Crippen LogP) is 1.23. The summed E-state index contributed by atoms with van der Waals surface area (Å²) < 4.78 is 10.6. The third kappa shape index (κ3) is 2.46. The van der Waals surface area contributed by atoms with Gasteiger partial charge in [0.25, 0.3) is 0 Å². The van der Waals surface area contributed by atoms with Gasteiger partial charge in [0.1, 0.15) is 11.5 Å². The third-order valence-electron chi connectivity index (χ3n) is 2.63. The standard InChI is InChI=1S/C12H20N2O2/c1-8-11(15-3)6-5-9(12(8)16-4)10(13)7-14-2/h5-6,10,14H,7,13H2,1-4H3. The van der Waals surface area contributed by atoms with Gasteiger partial charge in [0.15, 0.2) is 0 Å². The molecule has 0 heterocycles. The van der Waals surface area contributed by atoms with Crippen molar-refractivity contribution in [3.63, 3.8) is 0 Å². The third-order valence-corrected chi connectivity index (χ3v) is 2.63. The van der Waals surface area contributed by atoms with E-state index in [0.717, 1.165) is 22.6 Å². The van der Waals surface area contributed by atoms with Gasteiger partial charge >= 0.3 is 0 Å². The van der Waals surface area contributed by atoms with Crippen LogP contribution in [0.4, 0.5) is 0 Å². The van der Waals surface area contributed by atoms with Gasteiger partial charge in [-0.1, -0.05) is 6.07 Å². The Morgan fingerprint density at radius 2 is 2.00 bits per heavy atom. The van der Waals surface area contributed by atoms with E-state index in [2.05, 4.69) is 5.32 Å². The molecule has 0 aliphatic carbocycles. The van der Waals surface area contributed by atoms with E-state index < -0.39 is 0 Å². The van der Waals surface area contributed by atoms with Crippen LogP contribution in [-0.4, -0.2) is 27.8 Å². The first-order valence-electron chi connectivity index (χ1n) is 5.27. The van der Waals surface area contributed by atoms with Crippen LogP contribution in [0.15, 0.2) is 12.1 Å². The maximum Gasteiger partial charge on any atom is 0.130 e. The van der Waals surface area contributed by atoms with Gasteiger partial charge in [-0.05, 0) is 20.0 Å². The van der Waals surface area contributed by atoms with E-state index in [-0.39, 0.29) is 6.04 Å². The molecule has 1 aromatic carbocycles. The lowest BCUT2D eigenvalue weighted by atomic mass is 10.0. The van der Waals surface area contributed by atoms with E-state index in [1.165, 1.54) is 0 Å². The van der Waals surface area contributed by atoms with Crippen LogP contribution in [0.3, 0.4) is 0 Å². The lowest BCUT2D eigenvalue weighted by Crippen LogP contribution is -2.24. The van der Waals surface area contributed by atoms with Gasteiger partial charge < -0.3 is 20.5 Å². The number of hydrogen-bond donors (Lipinski definition) is 2. The highest BCUT2D eigenvalue weighted by Crippen LogP contribution is 2.33.